The zero-order valence-corrected chi connectivity index (χ0v) is 15.9. The van der Waals surface area contributed by atoms with Gasteiger partial charge in [0.05, 0.1) is 21.1 Å². The number of halogens is 3. The first kappa shape index (κ1) is 18.9. The number of carbonyl (C=O) groups excluding carboxylic acids is 1. The van der Waals surface area contributed by atoms with E-state index in [2.05, 4.69) is 18.3 Å². The van der Waals surface area contributed by atoms with E-state index >= 15 is 0 Å². The van der Waals surface area contributed by atoms with Gasteiger partial charge in [0, 0.05) is 6.07 Å². The second kappa shape index (κ2) is 8.11. The van der Waals surface area contributed by atoms with E-state index in [1.165, 1.54) is 23.3 Å². The summed E-state index contributed by atoms with van der Waals surface area (Å²) in [7, 11) is 0. The minimum absolute atomic E-state index is 0.121. The number of hydrogen-bond acceptors (Lipinski definition) is 2. The van der Waals surface area contributed by atoms with Gasteiger partial charge in [-0.05, 0) is 43.5 Å². The maximum absolute atomic E-state index is 12.1. The number of amides is 1. The Balaban J connectivity index is 1.95. The molecule has 0 spiro atoms. The Labute approximate surface area is 156 Å². The van der Waals surface area contributed by atoms with E-state index in [0.29, 0.717) is 20.8 Å². The Morgan fingerprint density at radius 2 is 1.71 bits per heavy atom. The first-order valence-corrected chi connectivity index (χ1v) is 8.55. The van der Waals surface area contributed by atoms with E-state index in [1.807, 2.05) is 26.0 Å². The Morgan fingerprint density at radius 3 is 2.38 bits per heavy atom. The Bertz CT molecular complexity index is 762. The second-order valence-corrected chi connectivity index (χ2v) is 6.84. The summed E-state index contributed by atoms with van der Waals surface area (Å²) in [6, 6.07) is 8.97. The van der Waals surface area contributed by atoms with Crippen LogP contribution in [0.4, 0.5) is 0 Å². The van der Waals surface area contributed by atoms with Crippen LogP contribution < -0.4 is 10.1 Å². The predicted molar refractivity (Wildman–Crippen MR) is 99.4 cm³/mol. The topological polar surface area (TPSA) is 38.3 Å². The van der Waals surface area contributed by atoms with Crippen molar-refractivity contribution in [1.29, 1.82) is 0 Å². The summed E-state index contributed by atoms with van der Waals surface area (Å²) < 4.78 is 5.43. The predicted octanol–water partition coefficient (Wildman–Crippen LogP) is 5.52. The SMILES string of the molecule is Cc1ccc([C@H](C)NC(=O)COc2cc(Cl)c(Cl)cc2Cl)cc1C. The van der Waals surface area contributed by atoms with Crippen molar-refractivity contribution in [3.8, 4) is 5.75 Å². The van der Waals surface area contributed by atoms with Gasteiger partial charge >= 0.3 is 0 Å². The van der Waals surface area contributed by atoms with Crippen molar-refractivity contribution in [3.63, 3.8) is 0 Å². The van der Waals surface area contributed by atoms with Gasteiger partial charge in [-0.25, -0.2) is 0 Å². The molecule has 0 saturated carbocycles. The van der Waals surface area contributed by atoms with Crippen molar-refractivity contribution in [2.45, 2.75) is 26.8 Å². The Morgan fingerprint density at radius 1 is 1.04 bits per heavy atom. The van der Waals surface area contributed by atoms with Crippen molar-refractivity contribution < 1.29 is 9.53 Å². The summed E-state index contributed by atoms with van der Waals surface area (Å²) in [4.78, 5) is 12.1. The molecule has 1 N–H and O–H groups in total. The van der Waals surface area contributed by atoms with Crippen molar-refractivity contribution in [1.82, 2.24) is 5.32 Å². The van der Waals surface area contributed by atoms with E-state index in [9.17, 15) is 4.79 Å². The molecule has 2 aromatic rings. The molecule has 0 saturated heterocycles. The van der Waals surface area contributed by atoms with Crippen LogP contribution in [0.1, 0.15) is 29.7 Å². The molecule has 2 aromatic carbocycles. The fourth-order valence-corrected chi connectivity index (χ4v) is 2.75. The molecule has 0 aliphatic carbocycles. The largest absolute Gasteiger partial charge is 0.482 e. The highest BCUT2D eigenvalue weighted by Gasteiger charge is 2.13. The average molecular weight is 387 g/mol. The van der Waals surface area contributed by atoms with Crippen molar-refractivity contribution in [2.24, 2.45) is 0 Å². The highest BCUT2D eigenvalue weighted by Crippen LogP contribution is 2.33. The van der Waals surface area contributed by atoms with Crippen molar-refractivity contribution in [2.75, 3.05) is 6.61 Å². The molecule has 0 fully saturated rings. The fourth-order valence-electron chi connectivity index (χ4n) is 2.16. The Kier molecular flexibility index (Phi) is 6.39. The third kappa shape index (κ3) is 4.79. The van der Waals surface area contributed by atoms with Gasteiger partial charge in [-0.3, -0.25) is 4.79 Å². The molecule has 0 radical (unpaired) electrons. The van der Waals surface area contributed by atoms with Crippen LogP contribution in [0.15, 0.2) is 30.3 Å². The molecular formula is C18H18Cl3NO2. The minimum Gasteiger partial charge on any atom is -0.482 e. The molecule has 128 valence electrons. The number of benzene rings is 2. The average Bonchev–Trinajstić information content (AvgIpc) is 2.52. The van der Waals surface area contributed by atoms with Crippen LogP contribution in [0, 0.1) is 13.8 Å². The maximum atomic E-state index is 12.1. The lowest BCUT2D eigenvalue weighted by Gasteiger charge is -2.16. The summed E-state index contributed by atoms with van der Waals surface area (Å²) in [6.07, 6.45) is 0. The van der Waals surface area contributed by atoms with Crippen LogP contribution in [-0.2, 0) is 4.79 Å². The van der Waals surface area contributed by atoms with Gasteiger partial charge in [0.15, 0.2) is 6.61 Å². The summed E-state index contributed by atoms with van der Waals surface area (Å²) >= 11 is 17.8. The van der Waals surface area contributed by atoms with Gasteiger partial charge < -0.3 is 10.1 Å². The van der Waals surface area contributed by atoms with Crippen LogP contribution in [0.3, 0.4) is 0 Å². The number of ether oxygens (including phenoxy) is 1. The van der Waals surface area contributed by atoms with Crippen molar-refractivity contribution >= 4 is 40.7 Å². The normalized spacial score (nSPS) is 11.9. The lowest BCUT2D eigenvalue weighted by Crippen LogP contribution is -2.31. The molecule has 0 bridgehead atoms. The maximum Gasteiger partial charge on any atom is 0.258 e. The molecule has 0 heterocycles. The van der Waals surface area contributed by atoms with Crippen molar-refractivity contribution in [3.05, 3.63) is 62.1 Å². The first-order valence-electron chi connectivity index (χ1n) is 7.41. The fraction of sp³-hybridized carbons (Fsp3) is 0.278. The highest BCUT2D eigenvalue weighted by atomic mass is 35.5. The van der Waals surface area contributed by atoms with Crippen LogP contribution in [0.2, 0.25) is 15.1 Å². The standard InChI is InChI=1S/C18H18Cl3NO2/c1-10-4-5-13(6-11(10)2)12(3)22-18(23)9-24-17-8-15(20)14(19)7-16(17)21/h4-8,12H,9H2,1-3H3,(H,22,23)/t12-/m0/s1. The molecule has 24 heavy (non-hydrogen) atoms. The molecule has 1 atom stereocenters. The summed E-state index contributed by atoms with van der Waals surface area (Å²) in [5.74, 6) is 0.0721. The summed E-state index contributed by atoms with van der Waals surface area (Å²) in [6.45, 7) is 5.86. The smallest absolute Gasteiger partial charge is 0.258 e. The van der Waals surface area contributed by atoms with Crippen LogP contribution in [0.5, 0.6) is 5.75 Å². The number of carbonyl (C=O) groups is 1. The van der Waals surface area contributed by atoms with E-state index in [-0.39, 0.29) is 18.6 Å². The molecule has 0 aliphatic rings. The van der Waals surface area contributed by atoms with E-state index in [4.69, 9.17) is 39.5 Å². The molecule has 6 heteroatoms. The first-order chi connectivity index (χ1) is 11.3. The monoisotopic (exact) mass is 385 g/mol. The number of rotatable bonds is 5. The summed E-state index contributed by atoms with van der Waals surface area (Å²) in [5.41, 5.74) is 3.45. The van der Waals surface area contributed by atoms with Gasteiger partial charge in [0.25, 0.3) is 5.91 Å². The van der Waals surface area contributed by atoms with Crippen LogP contribution >= 0.6 is 34.8 Å². The zero-order chi connectivity index (χ0) is 17.9. The van der Waals surface area contributed by atoms with Gasteiger partial charge in [0.1, 0.15) is 5.75 Å². The third-order valence-electron chi connectivity index (χ3n) is 3.74. The molecule has 3 nitrogen and oxygen atoms in total. The lowest BCUT2D eigenvalue weighted by molar-refractivity contribution is -0.123. The lowest BCUT2D eigenvalue weighted by atomic mass is 10.0. The van der Waals surface area contributed by atoms with Crippen LogP contribution in [0.25, 0.3) is 0 Å². The van der Waals surface area contributed by atoms with Crippen LogP contribution in [-0.4, -0.2) is 12.5 Å². The minimum atomic E-state index is -0.247. The highest BCUT2D eigenvalue weighted by molar-refractivity contribution is 6.43. The number of nitrogens with one attached hydrogen (secondary N) is 1. The number of hydrogen-bond donors (Lipinski definition) is 1. The quantitative estimate of drug-likeness (QED) is 0.687. The van der Waals surface area contributed by atoms with Gasteiger partial charge in [-0.2, -0.15) is 0 Å². The molecule has 2 rings (SSSR count). The van der Waals surface area contributed by atoms with E-state index in [1.54, 1.807) is 0 Å². The van der Waals surface area contributed by atoms with E-state index < -0.39 is 0 Å². The second-order valence-electron chi connectivity index (χ2n) is 5.62. The molecule has 0 unspecified atom stereocenters. The molecular weight excluding hydrogens is 369 g/mol. The zero-order valence-electron chi connectivity index (χ0n) is 13.6. The van der Waals surface area contributed by atoms with E-state index in [0.717, 1.165) is 5.56 Å². The Hall–Kier alpha value is -1.42. The van der Waals surface area contributed by atoms with Gasteiger partial charge in [-0.1, -0.05) is 53.0 Å². The summed E-state index contributed by atoms with van der Waals surface area (Å²) in [5, 5.41) is 3.85. The number of aryl methyl sites for hydroxylation is 2. The van der Waals surface area contributed by atoms with Gasteiger partial charge in [0.2, 0.25) is 0 Å². The third-order valence-corrected chi connectivity index (χ3v) is 4.76. The molecule has 1 amide bonds. The molecule has 0 aromatic heterocycles. The molecule has 0 aliphatic heterocycles. The van der Waals surface area contributed by atoms with Gasteiger partial charge in [-0.15, -0.1) is 0 Å².